The van der Waals surface area contributed by atoms with Gasteiger partial charge in [0.05, 0.1) is 11.6 Å². The average Bonchev–Trinajstić information content (AvgIpc) is 2.93. The van der Waals surface area contributed by atoms with Gasteiger partial charge in [-0.1, -0.05) is 28.9 Å². The molecule has 1 N–H and O–H groups in total. The first-order valence-corrected chi connectivity index (χ1v) is 8.29. The highest BCUT2D eigenvalue weighted by atomic mass is 79.9. The number of halogens is 4. The van der Waals surface area contributed by atoms with Crippen molar-refractivity contribution in [3.8, 4) is 0 Å². The van der Waals surface area contributed by atoms with Crippen LogP contribution in [0.4, 0.5) is 13.2 Å². The molecule has 114 valence electrons. The molecule has 0 aliphatic carbocycles. The Bertz CT molecular complexity index is 581. The monoisotopic (exact) mass is 377 g/mol. The normalized spacial score (nSPS) is 13.4. The maximum atomic E-state index is 13.0. The number of alkyl halides is 3. The Kier molecular flexibility index (Phi) is 5.46. The second-order valence-corrected chi connectivity index (χ2v) is 6.32. The molecule has 21 heavy (non-hydrogen) atoms. The molecule has 0 fully saturated rings. The van der Waals surface area contributed by atoms with E-state index >= 15 is 0 Å². The van der Waals surface area contributed by atoms with Crippen LogP contribution in [0.5, 0.6) is 0 Å². The second-order valence-electron chi connectivity index (χ2n) is 4.68. The van der Waals surface area contributed by atoms with E-state index in [2.05, 4.69) is 21.2 Å². The molecule has 1 unspecified atom stereocenters. The van der Waals surface area contributed by atoms with Crippen molar-refractivity contribution in [1.82, 2.24) is 5.32 Å². The van der Waals surface area contributed by atoms with E-state index in [-0.39, 0.29) is 10.5 Å². The van der Waals surface area contributed by atoms with E-state index in [0.717, 1.165) is 18.5 Å². The molecule has 0 spiro atoms. The Balaban J connectivity index is 2.41. The lowest BCUT2D eigenvalue weighted by atomic mass is 9.99. The Morgan fingerprint density at radius 1 is 1.24 bits per heavy atom. The fourth-order valence-corrected chi connectivity index (χ4v) is 3.25. The summed E-state index contributed by atoms with van der Waals surface area (Å²) >= 11 is 4.52. The Labute approximate surface area is 134 Å². The van der Waals surface area contributed by atoms with Crippen LogP contribution in [0.3, 0.4) is 0 Å². The maximum absolute atomic E-state index is 13.0. The third kappa shape index (κ3) is 4.08. The molecule has 1 nitrogen and oxygen atoms in total. The van der Waals surface area contributed by atoms with Crippen LogP contribution in [0.2, 0.25) is 0 Å². The van der Waals surface area contributed by atoms with Gasteiger partial charge in [-0.2, -0.15) is 24.5 Å². The third-order valence-corrected chi connectivity index (χ3v) is 4.50. The lowest BCUT2D eigenvalue weighted by molar-refractivity contribution is -0.138. The number of hydrogen-bond acceptors (Lipinski definition) is 2. The van der Waals surface area contributed by atoms with Crippen molar-refractivity contribution in [1.29, 1.82) is 0 Å². The highest BCUT2D eigenvalue weighted by molar-refractivity contribution is 9.10. The minimum Gasteiger partial charge on any atom is -0.306 e. The van der Waals surface area contributed by atoms with Gasteiger partial charge in [0.1, 0.15) is 0 Å². The van der Waals surface area contributed by atoms with Crippen LogP contribution >= 0.6 is 27.3 Å². The fourth-order valence-electron chi connectivity index (χ4n) is 2.10. The van der Waals surface area contributed by atoms with Crippen molar-refractivity contribution < 1.29 is 13.2 Å². The zero-order chi connectivity index (χ0) is 15.5. The van der Waals surface area contributed by atoms with Gasteiger partial charge in [0.15, 0.2) is 0 Å². The standard InChI is InChI=1S/C15H15BrF3NS/c1-2-6-20-14(11-5-7-21-9-11)10-3-4-13(16)12(8-10)15(17,18)19/h3-5,7-9,14,20H,2,6H2,1H3. The molecule has 0 radical (unpaired) electrons. The summed E-state index contributed by atoms with van der Waals surface area (Å²) in [5, 5.41) is 7.20. The number of hydrogen-bond donors (Lipinski definition) is 1. The van der Waals surface area contributed by atoms with E-state index in [9.17, 15) is 13.2 Å². The summed E-state index contributed by atoms with van der Waals surface area (Å²) in [7, 11) is 0. The van der Waals surface area contributed by atoms with Crippen LogP contribution in [0.15, 0.2) is 39.5 Å². The highest BCUT2D eigenvalue weighted by Gasteiger charge is 2.33. The van der Waals surface area contributed by atoms with Gasteiger partial charge >= 0.3 is 6.18 Å². The first kappa shape index (κ1) is 16.5. The lowest BCUT2D eigenvalue weighted by Gasteiger charge is -2.20. The van der Waals surface area contributed by atoms with E-state index < -0.39 is 11.7 Å². The number of rotatable bonds is 5. The summed E-state index contributed by atoms with van der Waals surface area (Å²) in [6.45, 7) is 2.78. The predicted molar refractivity (Wildman–Crippen MR) is 83.6 cm³/mol. The van der Waals surface area contributed by atoms with Crippen molar-refractivity contribution in [3.05, 3.63) is 56.2 Å². The van der Waals surface area contributed by atoms with Gasteiger partial charge in [-0.3, -0.25) is 0 Å². The first-order chi connectivity index (χ1) is 9.93. The minimum absolute atomic E-state index is 0.0679. The molecule has 2 rings (SSSR count). The average molecular weight is 378 g/mol. The zero-order valence-corrected chi connectivity index (χ0v) is 13.8. The molecule has 1 heterocycles. The van der Waals surface area contributed by atoms with Gasteiger partial charge < -0.3 is 5.32 Å². The quantitative estimate of drug-likeness (QED) is 0.712. The van der Waals surface area contributed by atoms with Crippen LogP contribution in [-0.4, -0.2) is 6.54 Å². The molecular formula is C15H15BrF3NS. The van der Waals surface area contributed by atoms with Gasteiger partial charge in [0, 0.05) is 4.47 Å². The van der Waals surface area contributed by atoms with Crippen LogP contribution in [0.1, 0.15) is 36.1 Å². The summed E-state index contributed by atoms with van der Waals surface area (Å²) in [4.78, 5) is 0. The molecule has 1 aromatic heterocycles. The molecule has 0 aliphatic rings. The van der Waals surface area contributed by atoms with Gasteiger partial charge in [-0.15, -0.1) is 0 Å². The van der Waals surface area contributed by atoms with Crippen LogP contribution in [0.25, 0.3) is 0 Å². The van der Waals surface area contributed by atoms with Crippen molar-refractivity contribution in [2.45, 2.75) is 25.6 Å². The van der Waals surface area contributed by atoms with Crippen molar-refractivity contribution >= 4 is 27.3 Å². The number of nitrogens with one attached hydrogen (secondary N) is 1. The minimum atomic E-state index is -4.36. The van der Waals surface area contributed by atoms with Crippen molar-refractivity contribution in [3.63, 3.8) is 0 Å². The summed E-state index contributed by atoms with van der Waals surface area (Å²) in [5.41, 5.74) is 0.972. The van der Waals surface area contributed by atoms with Gasteiger partial charge in [-0.05, 0) is 53.1 Å². The summed E-state index contributed by atoms with van der Waals surface area (Å²) in [6.07, 6.45) is -3.44. The van der Waals surface area contributed by atoms with E-state index in [1.165, 1.54) is 23.5 Å². The molecule has 0 bridgehead atoms. The number of thiophene rings is 1. The molecule has 0 aliphatic heterocycles. The molecule has 1 atom stereocenters. The van der Waals surface area contributed by atoms with Gasteiger partial charge in [0.25, 0.3) is 0 Å². The van der Waals surface area contributed by atoms with Gasteiger partial charge in [0.2, 0.25) is 0 Å². The van der Waals surface area contributed by atoms with Gasteiger partial charge in [-0.25, -0.2) is 0 Å². The summed E-state index contributed by atoms with van der Waals surface area (Å²) in [6, 6.07) is 6.13. The highest BCUT2D eigenvalue weighted by Crippen LogP contribution is 2.37. The van der Waals surface area contributed by atoms with Crippen molar-refractivity contribution in [2.75, 3.05) is 6.54 Å². The summed E-state index contributed by atoms with van der Waals surface area (Å²) in [5.74, 6) is 0. The zero-order valence-electron chi connectivity index (χ0n) is 11.4. The predicted octanol–water partition coefficient (Wildman–Crippen LogP) is 5.62. The lowest BCUT2D eigenvalue weighted by Crippen LogP contribution is -2.23. The Hall–Kier alpha value is -0.850. The molecule has 0 amide bonds. The molecule has 0 saturated heterocycles. The largest absolute Gasteiger partial charge is 0.417 e. The van der Waals surface area contributed by atoms with Crippen LogP contribution in [0, 0.1) is 0 Å². The maximum Gasteiger partial charge on any atom is 0.417 e. The number of benzene rings is 1. The van der Waals surface area contributed by atoms with E-state index in [0.29, 0.717) is 5.56 Å². The second kappa shape index (κ2) is 6.94. The van der Waals surface area contributed by atoms with Crippen LogP contribution < -0.4 is 5.32 Å². The molecule has 2 aromatic rings. The van der Waals surface area contributed by atoms with E-state index in [1.807, 2.05) is 23.8 Å². The summed E-state index contributed by atoms with van der Waals surface area (Å²) < 4.78 is 39.2. The topological polar surface area (TPSA) is 12.0 Å². The van der Waals surface area contributed by atoms with Crippen molar-refractivity contribution in [2.24, 2.45) is 0 Å². The molecular weight excluding hydrogens is 363 g/mol. The fraction of sp³-hybridized carbons (Fsp3) is 0.333. The van der Waals surface area contributed by atoms with E-state index in [4.69, 9.17) is 0 Å². The Morgan fingerprint density at radius 3 is 2.57 bits per heavy atom. The third-order valence-electron chi connectivity index (χ3n) is 3.10. The SMILES string of the molecule is CCCNC(c1ccsc1)c1ccc(Br)c(C(F)(F)F)c1. The Morgan fingerprint density at radius 2 is 2.00 bits per heavy atom. The smallest absolute Gasteiger partial charge is 0.306 e. The molecule has 0 saturated carbocycles. The molecule has 1 aromatic carbocycles. The molecule has 6 heteroatoms. The first-order valence-electron chi connectivity index (χ1n) is 6.55. The van der Waals surface area contributed by atoms with Crippen LogP contribution in [-0.2, 0) is 6.18 Å². The van der Waals surface area contributed by atoms with E-state index in [1.54, 1.807) is 6.07 Å².